The molecule has 0 radical (unpaired) electrons. The van der Waals surface area contributed by atoms with Crippen LogP contribution >= 0.6 is 69.1 Å². The fourth-order valence-electron chi connectivity index (χ4n) is 3.03. The van der Waals surface area contributed by atoms with Gasteiger partial charge in [0.1, 0.15) is 15.3 Å². The Hall–Kier alpha value is -2.67. The van der Waals surface area contributed by atoms with Crippen molar-refractivity contribution < 1.29 is 14.0 Å². The van der Waals surface area contributed by atoms with Gasteiger partial charge in [0.05, 0.1) is 37.7 Å². The lowest BCUT2D eigenvalue weighted by atomic mass is 10.2. The number of rotatable bonds is 7. The summed E-state index contributed by atoms with van der Waals surface area (Å²) in [6.45, 7) is 5.63. The third-order valence-corrected chi connectivity index (χ3v) is 8.55. The first-order chi connectivity index (χ1) is 19.5. The van der Waals surface area contributed by atoms with E-state index in [1.807, 2.05) is 20.8 Å². The van der Waals surface area contributed by atoms with E-state index in [9.17, 15) is 23.6 Å². The van der Waals surface area contributed by atoms with Crippen LogP contribution in [-0.2, 0) is 13.1 Å². The predicted octanol–water partition coefficient (Wildman–Crippen LogP) is 7.95. The summed E-state index contributed by atoms with van der Waals surface area (Å²) >= 11 is 25.4. The maximum absolute atomic E-state index is 12.3. The quantitative estimate of drug-likeness (QED) is 0.207. The molecule has 4 aromatic rings. The van der Waals surface area contributed by atoms with Crippen LogP contribution in [0.2, 0.25) is 18.7 Å². The first-order valence-electron chi connectivity index (χ1n) is 12.0. The SMILES string of the molecule is CC.CCn1cc(C(=O)Nc2cc(Cl)c(Cl)s2)ccc1=O.O=C(Nc1ccc(=O)n(CCF)c1)c1cc(Cl)c(Cl)s1. The fraction of sp³-hybridized carbons (Fsp3) is 0.231. The van der Waals surface area contributed by atoms with Crippen LogP contribution in [-0.4, -0.2) is 27.6 Å². The summed E-state index contributed by atoms with van der Waals surface area (Å²) < 4.78 is 15.7. The number of carbonyl (C=O) groups is 2. The Balaban J connectivity index is 0.000000271. The lowest BCUT2D eigenvalue weighted by Crippen LogP contribution is -2.21. The Morgan fingerprint density at radius 3 is 2.00 bits per heavy atom. The van der Waals surface area contributed by atoms with Gasteiger partial charge in [-0.3, -0.25) is 19.2 Å². The highest BCUT2D eigenvalue weighted by Crippen LogP contribution is 2.35. The van der Waals surface area contributed by atoms with E-state index in [0.717, 1.165) is 11.3 Å². The number of halogens is 5. The van der Waals surface area contributed by atoms with E-state index < -0.39 is 12.6 Å². The second-order valence-corrected chi connectivity index (χ2v) is 11.7. The normalized spacial score (nSPS) is 10.1. The largest absolute Gasteiger partial charge is 0.320 e. The number of hydrogen-bond donors (Lipinski definition) is 2. The topological polar surface area (TPSA) is 102 Å². The molecule has 0 saturated heterocycles. The van der Waals surface area contributed by atoms with Crippen LogP contribution in [0.1, 0.15) is 40.8 Å². The third kappa shape index (κ3) is 9.98. The van der Waals surface area contributed by atoms with Gasteiger partial charge < -0.3 is 19.8 Å². The summed E-state index contributed by atoms with van der Waals surface area (Å²) in [5, 5.41) is 6.56. The zero-order valence-corrected chi connectivity index (χ0v) is 26.6. The van der Waals surface area contributed by atoms with E-state index in [0.29, 0.717) is 46.4 Å². The molecule has 220 valence electrons. The van der Waals surface area contributed by atoms with E-state index in [1.54, 1.807) is 6.07 Å². The van der Waals surface area contributed by atoms with E-state index in [1.165, 1.54) is 63.2 Å². The van der Waals surface area contributed by atoms with Crippen molar-refractivity contribution in [3.63, 3.8) is 0 Å². The van der Waals surface area contributed by atoms with Crippen molar-refractivity contribution in [1.82, 2.24) is 9.13 Å². The lowest BCUT2D eigenvalue weighted by molar-refractivity contribution is 0.102. The highest BCUT2D eigenvalue weighted by molar-refractivity contribution is 7.20. The average Bonchev–Trinajstić information content (AvgIpc) is 3.46. The van der Waals surface area contributed by atoms with Crippen LogP contribution in [0.5, 0.6) is 0 Å². The van der Waals surface area contributed by atoms with Crippen molar-refractivity contribution in [1.29, 1.82) is 0 Å². The lowest BCUT2D eigenvalue weighted by Gasteiger charge is -2.07. The summed E-state index contributed by atoms with van der Waals surface area (Å²) in [5.74, 6) is -0.703. The zero-order valence-electron chi connectivity index (χ0n) is 22.0. The fourth-order valence-corrected chi connectivity index (χ4v) is 5.55. The number of carbonyl (C=O) groups excluding carboxylic acids is 2. The van der Waals surface area contributed by atoms with Gasteiger partial charge in [-0.25, -0.2) is 4.39 Å². The molecule has 2 amide bonds. The van der Waals surface area contributed by atoms with Crippen molar-refractivity contribution in [3.8, 4) is 0 Å². The second-order valence-electron chi connectivity index (χ2n) is 7.55. The van der Waals surface area contributed by atoms with Crippen LogP contribution < -0.4 is 21.8 Å². The molecule has 0 fully saturated rings. The van der Waals surface area contributed by atoms with Gasteiger partial charge in [-0.15, -0.1) is 22.7 Å². The molecule has 4 rings (SSSR count). The van der Waals surface area contributed by atoms with E-state index >= 15 is 0 Å². The van der Waals surface area contributed by atoms with Crippen LogP contribution in [0.25, 0.3) is 0 Å². The molecule has 4 aromatic heterocycles. The van der Waals surface area contributed by atoms with Crippen LogP contribution in [0.4, 0.5) is 15.1 Å². The smallest absolute Gasteiger partial charge is 0.265 e. The number of hydrogen-bond acceptors (Lipinski definition) is 6. The van der Waals surface area contributed by atoms with E-state index in [4.69, 9.17) is 46.4 Å². The number of anilines is 2. The minimum absolute atomic E-state index is 0.0563. The molecule has 4 heterocycles. The summed E-state index contributed by atoms with van der Waals surface area (Å²) in [6.07, 6.45) is 2.91. The first kappa shape index (κ1) is 34.5. The Labute approximate surface area is 263 Å². The molecule has 0 aliphatic rings. The second kappa shape index (κ2) is 16.7. The van der Waals surface area contributed by atoms with Gasteiger partial charge in [0.15, 0.2) is 0 Å². The van der Waals surface area contributed by atoms with Gasteiger partial charge in [-0.2, -0.15) is 0 Å². The van der Waals surface area contributed by atoms with Gasteiger partial charge >= 0.3 is 0 Å². The summed E-state index contributed by atoms with van der Waals surface area (Å²) in [6, 6.07) is 8.61. The van der Waals surface area contributed by atoms with Crippen molar-refractivity contribution in [2.45, 2.75) is 33.9 Å². The monoisotopic (exact) mass is 680 g/mol. The predicted molar refractivity (Wildman–Crippen MR) is 169 cm³/mol. The Morgan fingerprint density at radius 2 is 1.44 bits per heavy atom. The van der Waals surface area contributed by atoms with Gasteiger partial charge in [-0.05, 0) is 31.2 Å². The van der Waals surface area contributed by atoms with Gasteiger partial charge in [0.25, 0.3) is 22.9 Å². The minimum atomic E-state index is -0.659. The Bertz CT molecular complexity index is 1580. The molecular formula is C26H25Cl4FN4O4S2. The molecule has 0 spiro atoms. The number of pyridine rings is 2. The van der Waals surface area contributed by atoms with Crippen molar-refractivity contribution >= 4 is 91.6 Å². The van der Waals surface area contributed by atoms with Crippen LogP contribution in [0.3, 0.4) is 0 Å². The Kier molecular flexibility index (Phi) is 14.1. The van der Waals surface area contributed by atoms with Gasteiger partial charge in [0, 0.05) is 31.1 Å². The van der Waals surface area contributed by atoms with Gasteiger partial charge in [0.2, 0.25) is 0 Å². The van der Waals surface area contributed by atoms with Crippen LogP contribution in [0.15, 0.2) is 58.4 Å². The molecule has 2 N–H and O–H groups in total. The zero-order chi connectivity index (χ0) is 30.7. The number of nitrogens with one attached hydrogen (secondary N) is 2. The maximum atomic E-state index is 12.3. The molecule has 0 saturated carbocycles. The van der Waals surface area contributed by atoms with Crippen molar-refractivity contribution in [2.24, 2.45) is 0 Å². The third-order valence-electron chi connectivity index (χ3n) is 4.90. The molecule has 41 heavy (non-hydrogen) atoms. The molecule has 0 aliphatic heterocycles. The summed E-state index contributed by atoms with van der Waals surface area (Å²) in [7, 11) is 0. The number of nitrogens with zero attached hydrogens (tertiary/aromatic N) is 2. The number of thiophene rings is 2. The standard InChI is InChI=1S/C12H9Cl2FN2O2S.C12H10Cl2N2O2S.C2H6/c13-8-5-9(20-11(8)14)12(19)16-7-1-2-10(18)17(6-7)4-3-15;1-2-16-6-7(3-4-10(16)17)12(18)15-9-5-8(13)11(14)19-9;1-2/h1-2,5-6H,3-4H2,(H,16,19);3-6H,2H2,1H3,(H,15,18);1-2H3. The number of amides is 2. The first-order valence-corrected chi connectivity index (χ1v) is 15.2. The van der Waals surface area contributed by atoms with E-state index in [2.05, 4.69) is 10.6 Å². The molecule has 0 bridgehead atoms. The van der Waals surface area contributed by atoms with Crippen molar-refractivity contribution in [2.75, 3.05) is 17.3 Å². The minimum Gasteiger partial charge on any atom is -0.320 e. The summed E-state index contributed by atoms with van der Waals surface area (Å²) in [5.41, 5.74) is 0.329. The van der Waals surface area contributed by atoms with Gasteiger partial charge in [-0.1, -0.05) is 60.3 Å². The maximum Gasteiger partial charge on any atom is 0.265 e. The highest BCUT2D eigenvalue weighted by Gasteiger charge is 2.13. The average molecular weight is 682 g/mol. The molecule has 0 aliphatic carbocycles. The van der Waals surface area contributed by atoms with Crippen LogP contribution in [0, 0.1) is 0 Å². The number of aryl methyl sites for hydroxylation is 2. The number of aromatic nitrogens is 2. The number of alkyl halides is 1. The molecule has 0 atom stereocenters. The van der Waals surface area contributed by atoms with Crippen molar-refractivity contribution in [3.05, 3.63) is 98.7 Å². The Morgan fingerprint density at radius 1 is 0.829 bits per heavy atom. The summed E-state index contributed by atoms with van der Waals surface area (Å²) in [4.78, 5) is 47.2. The molecular weight excluding hydrogens is 657 g/mol. The molecule has 0 unspecified atom stereocenters. The molecule has 15 heteroatoms. The molecule has 8 nitrogen and oxygen atoms in total. The van der Waals surface area contributed by atoms with E-state index in [-0.39, 0.29) is 23.6 Å². The molecule has 0 aromatic carbocycles. The highest BCUT2D eigenvalue weighted by atomic mass is 35.5.